The van der Waals surface area contributed by atoms with Gasteiger partial charge in [0.25, 0.3) is 0 Å². The van der Waals surface area contributed by atoms with Gasteiger partial charge in [-0.25, -0.2) is 4.98 Å². The molecule has 1 aliphatic heterocycles. The van der Waals surface area contributed by atoms with E-state index in [-0.39, 0.29) is 0 Å². The van der Waals surface area contributed by atoms with Gasteiger partial charge in [-0.05, 0) is 38.6 Å². The van der Waals surface area contributed by atoms with Crippen molar-refractivity contribution in [2.45, 2.75) is 25.4 Å². The van der Waals surface area contributed by atoms with E-state index in [9.17, 15) is 0 Å². The van der Waals surface area contributed by atoms with Crippen LogP contribution in [0.4, 0.5) is 0 Å². The van der Waals surface area contributed by atoms with Crippen LogP contribution in [0.15, 0.2) is 18.2 Å². The van der Waals surface area contributed by atoms with Gasteiger partial charge in [0.05, 0.1) is 5.69 Å². The molecule has 1 aliphatic rings. The van der Waals surface area contributed by atoms with E-state index in [1.165, 1.54) is 12.8 Å². The van der Waals surface area contributed by atoms with Gasteiger partial charge in [-0.3, -0.25) is 4.90 Å². The number of halogens is 1. The second kappa shape index (κ2) is 5.62. The van der Waals surface area contributed by atoms with Crippen molar-refractivity contribution in [3.8, 4) is 0 Å². The van der Waals surface area contributed by atoms with Crippen molar-refractivity contribution < 1.29 is 0 Å². The summed E-state index contributed by atoms with van der Waals surface area (Å²) in [5.74, 6) is 0. The van der Waals surface area contributed by atoms with Gasteiger partial charge in [0.15, 0.2) is 0 Å². The van der Waals surface area contributed by atoms with Crippen LogP contribution in [0.2, 0.25) is 5.15 Å². The Morgan fingerprint density at radius 3 is 3.12 bits per heavy atom. The molecule has 0 aliphatic carbocycles. The summed E-state index contributed by atoms with van der Waals surface area (Å²) in [6.07, 6.45) is 2.53. The van der Waals surface area contributed by atoms with E-state index in [1.54, 1.807) is 0 Å². The molecular formula is C12H18ClN3. The molecule has 1 unspecified atom stereocenters. The second-order valence-electron chi connectivity index (χ2n) is 4.37. The standard InChI is InChI=1S/C12H18ClN3/c1-16(11-5-3-7-14-8-11)9-10-4-2-6-12(13)15-10/h2,4,6,11,14H,3,5,7-9H2,1H3. The molecule has 0 spiro atoms. The monoisotopic (exact) mass is 239 g/mol. The molecule has 4 heteroatoms. The van der Waals surface area contributed by atoms with Crippen molar-refractivity contribution >= 4 is 11.6 Å². The Balaban J connectivity index is 1.93. The van der Waals surface area contributed by atoms with Gasteiger partial charge in [-0.1, -0.05) is 17.7 Å². The molecule has 1 saturated heterocycles. The SMILES string of the molecule is CN(Cc1cccc(Cl)n1)C1CCCNC1. The number of pyridine rings is 1. The second-order valence-corrected chi connectivity index (χ2v) is 4.75. The van der Waals surface area contributed by atoms with Crippen LogP contribution in [-0.2, 0) is 6.54 Å². The third-order valence-electron chi connectivity index (χ3n) is 3.08. The lowest BCUT2D eigenvalue weighted by Crippen LogP contribution is -2.43. The lowest BCUT2D eigenvalue weighted by molar-refractivity contribution is 0.194. The van der Waals surface area contributed by atoms with E-state index < -0.39 is 0 Å². The van der Waals surface area contributed by atoms with Crippen molar-refractivity contribution in [2.75, 3.05) is 20.1 Å². The van der Waals surface area contributed by atoms with Crippen molar-refractivity contribution in [1.29, 1.82) is 0 Å². The highest BCUT2D eigenvalue weighted by molar-refractivity contribution is 6.29. The Hall–Kier alpha value is -0.640. The summed E-state index contributed by atoms with van der Waals surface area (Å²) in [4.78, 5) is 6.66. The quantitative estimate of drug-likeness (QED) is 0.817. The largest absolute Gasteiger partial charge is 0.315 e. The zero-order valence-electron chi connectivity index (χ0n) is 9.62. The predicted octanol–water partition coefficient (Wildman–Crippen LogP) is 1.92. The molecule has 88 valence electrons. The minimum Gasteiger partial charge on any atom is -0.315 e. The Labute approximate surface area is 102 Å². The van der Waals surface area contributed by atoms with Crippen LogP contribution in [0.1, 0.15) is 18.5 Å². The number of rotatable bonds is 3. The maximum absolute atomic E-state index is 5.87. The smallest absolute Gasteiger partial charge is 0.129 e. The Morgan fingerprint density at radius 2 is 2.44 bits per heavy atom. The average molecular weight is 240 g/mol. The van der Waals surface area contributed by atoms with Crippen molar-refractivity contribution in [3.63, 3.8) is 0 Å². The van der Waals surface area contributed by atoms with E-state index in [2.05, 4.69) is 22.2 Å². The van der Waals surface area contributed by atoms with Crippen LogP contribution in [0.5, 0.6) is 0 Å². The van der Waals surface area contributed by atoms with Gasteiger partial charge in [-0.15, -0.1) is 0 Å². The molecule has 0 aromatic carbocycles. The van der Waals surface area contributed by atoms with Gasteiger partial charge in [-0.2, -0.15) is 0 Å². The molecule has 1 N–H and O–H groups in total. The number of hydrogen-bond donors (Lipinski definition) is 1. The van der Waals surface area contributed by atoms with Crippen LogP contribution < -0.4 is 5.32 Å². The average Bonchev–Trinajstić information content (AvgIpc) is 2.30. The summed E-state index contributed by atoms with van der Waals surface area (Å²) in [5, 5.41) is 4.00. The highest BCUT2D eigenvalue weighted by Crippen LogP contribution is 2.12. The summed E-state index contributed by atoms with van der Waals surface area (Å²) < 4.78 is 0. The summed E-state index contributed by atoms with van der Waals surface area (Å²) >= 11 is 5.87. The molecular weight excluding hydrogens is 222 g/mol. The topological polar surface area (TPSA) is 28.2 Å². The molecule has 2 heterocycles. The number of nitrogens with zero attached hydrogens (tertiary/aromatic N) is 2. The summed E-state index contributed by atoms with van der Waals surface area (Å²) in [6, 6.07) is 6.42. The Bertz CT molecular complexity index is 337. The van der Waals surface area contributed by atoms with E-state index >= 15 is 0 Å². The lowest BCUT2D eigenvalue weighted by atomic mass is 10.1. The number of hydrogen-bond acceptors (Lipinski definition) is 3. The molecule has 2 rings (SSSR count). The van der Waals surface area contributed by atoms with E-state index in [0.717, 1.165) is 25.3 Å². The van der Waals surface area contributed by atoms with Gasteiger partial charge in [0.1, 0.15) is 5.15 Å². The normalized spacial score (nSPS) is 21.3. The third kappa shape index (κ3) is 3.17. The van der Waals surface area contributed by atoms with Gasteiger partial charge in [0, 0.05) is 19.1 Å². The maximum Gasteiger partial charge on any atom is 0.129 e. The molecule has 1 atom stereocenters. The first-order valence-corrected chi connectivity index (χ1v) is 6.16. The van der Waals surface area contributed by atoms with Crippen LogP contribution in [0, 0.1) is 0 Å². The fourth-order valence-electron chi connectivity index (χ4n) is 2.13. The minimum atomic E-state index is 0.577. The fraction of sp³-hybridized carbons (Fsp3) is 0.583. The van der Waals surface area contributed by atoms with Crippen LogP contribution in [0.25, 0.3) is 0 Å². The molecule has 0 saturated carbocycles. The molecule has 1 aromatic rings. The van der Waals surface area contributed by atoms with Crippen LogP contribution >= 0.6 is 11.6 Å². The Kier molecular flexibility index (Phi) is 4.16. The van der Waals surface area contributed by atoms with E-state index in [0.29, 0.717) is 11.2 Å². The molecule has 3 nitrogen and oxygen atoms in total. The zero-order valence-corrected chi connectivity index (χ0v) is 10.4. The first-order chi connectivity index (χ1) is 7.75. The molecule has 16 heavy (non-hydrogen) atoms. The first-order valence-electron chi connectivity index (χ1n) is 5.78. The highest BCUT2D eigenvalue weighted by atomic mass is 35.5. The number of likely N-dealkylation sites (N-methyl/N-ethyl adjacent to an activating group) is 1. The first kappa shape index (κ1) is 11.8. The van der Waals surface area contributed by atoms with Gasteiger partial charge < -0.3 is 5.32 Å². The van der Waals surface area contributed by atoms with Gasteiger partial charge in [0.2, 0.25) is 0 Å². The highest BCUT2D eigenvalue weighted by Gasteiger charge is 2.17. The number of aromatic nitrogens is 1. The minimum absolute atomic E-state index is 0.577. The van der Waals surface area contributed by atoms with Crippen molar-refractivity contribution in [3.05, 3.63) is 29.0 Å². The van der Waals surface area contributed by atoms with Crippen molar-refractivity contribution in [2.24, 2.45) is 0 Å². The molecule has 1 aromatic heterocycles. The Morgan fingerprint density at radius 1 is 1.56 bits per heavy atom. The zero-order chi connectivity index (χ0) is 11.4. The molecule has 0 amide bonds. The summed E-state index contributed by atoms with van der Waals surface area (Å²) in [5.41, 5.74) is 1.04. The predicted molar refractivity (Wildman–Crippen MR) is 66.6 cm³/mol. The van der Waals surface area contributed by atoms with E-state index in [4.69, 9.17) is 11.6 Å². The molecule has 1 fully saturated rings. The lowest BCUT2D eigenvalue weighted by Gasteiger charge is -2.31. The van der Waals surface area contributed by atoms with Crippen molar-refractivity contribution in [1.82, 2.24) is 15.2 Å². The summed E-state index contributed by atoms with van der Waals surface area (Å²) in [6.45, 7) is 3.10. The number of piperidine rings is 1. The van der Waals surface area contributed by atoms with E-state index in [1.807, 2.05) is 18.2 Å². The molecule has 0 radical (unpaired) electrons. The fourth-order valence-corrected chi connectivity index (χ4v) is 2.31. The van der Waals surface area contributed by atoms with Crippen LogP contribution in [-0.4, -0.2) is 36.1 Å². The van der Waals surface area contributed by atoms with Gasteiger partial charge >= 0.3 is 0 Å². The maximum atomic E-state index is 5.87. The summed E-state index contributed by atoms with van der Waals surface area (Å²) in [7, 11) is 2.15. The molecule has 0 bridgehead atoms. The number of nitrogens with one attached hydrogen (secondary N) is 1. The third-order valence-corrected chi connectivity index (χ3v) is 3.29. The van der Waals surface area contributed by atoms with Crippen LogP contribution in [0.3, 0.4) is 0 Å².